The third-order valence-corrected chi connectivity index (χ3v) is 5.97. The molecule has 6 heteroatoms. The summed E-state index contributed by atoms with van der Waals surface area (Å²) in [6.45, 7) is 3.80. The predicted octanol–water partition coefficient (Wildman–Crippen LogP) is 1.85. The third kappa shape index (κ3) is 2.56. The van der Waals surface area contributed by atoms with Crippen LogP contribution in [-0.2, 0) is 17.2 Å². The van der Waals surface area contributed by atoms with Crippen molar-refractivity contribution in [3.63, 3.8) is 0 Å². The number of nitrogens with one attached hydrogen (secondary N) is 2. The van der Waals surface area contributed by atoms with Crippen molar-refractivity contribution in [2.75, 3.05) is 20.2 Å². The first-order chi connectivity index (χ1) is 12.6. The summed E-state index contributed by atoms with van der Waals surface area (Å²) in [5.74, 6) is -0.0940. The molecule has 138 valence electrons. The molecule has 1 amide bonds. The maximum absolute atomic E-state index is 12.9. The summed E-state index contributed by atoms with van der Waals surface area (Å²) in [5.41, 5.74) is 3.81. The molecule has 1 aromatic carbocycles. The number of ether oxygens (including phenoxy) is 1. The first kappa shape index (κ1) is 17.2. The van der Waals surface area contributed by atoms with Gasteiger partial charge in [0.25, 0.3) is 5.91 Å². The fourth-order valence-electron chi connectivity index (χ4n) is 4.84. The van der Waals surface area contributed by atoms with Gasteiger partial charge in [-0.05, 0) is 44.0 Å². The molecule has 2 atom stereocenters. The zero-order chi connectivity index (χ0) is 18.3. The van der Waals surface area contributed by atoms with Gasteiger partial charge in [0, 0.05) is 25.8 Å². The molecule has 1 spiro atoms. The van der Waals surface area contributed by atoms with Gasteiger partial charge in [0.05, 0.1) is 23.4 Å². The number of hydrogen-bond donors (Lipinski definition) is 2. The Bertz CT molecular complexity index is 823. The number of amides is 1. The van der Waals surface area contributed by atoms with E-state index in [-0.39, 0.29) is 23.5 Å². The van der Waals surface area contributed by atoms with Crippen molar-refractivity contribution in [2.24, 2.45) is 7.05 Å². The summed E-state index contributed by atoms with van der Waals surface area (Å²) in [6, 6.07) is 8.31. The Kier molecular flexibility index (Phi) is 4.32. The van der Waals surface area contributed by atoms with Crippen LogP contribution < -0.4 is 10.6 Å². The first-order valence-corrected chi connectivity index (χ1v) is 9.21. The molecule has 1 aliphatic carbocycles. The lowest BCUT2D eigenvalue weighted by Gasteiger charge is -2.40. The van der Waals surface area contributed by atoms with Gasteiger partial charge in [-0.1, -0.05) is 24.3 Å². The minimum Gasteiger partial charge on any atom is -0.378 e. The lowest BCUT2D eigenvalue weighted by atomic mass is 9.72. The second-order valence-corrected chi connectivity index (χ2v) is 7.40. The molecule has 26 heavy (non-hydrogen) atoms. The number of benzene rings is 1. The lowest BCUT2D eigenvalue weighted by Crippen LogP contribution is -2.49. The van der Waals surface area contributed by atoms with Crippen LogP contribution in [0.15, 0.2) is 30.5 Å². The fourth-order valence-corrected chi connectivity index (χ4v) is 4.84. The fraction of sp³-hybridized carbons (Fsp3) is 0.500. The molecular formula is C20H26N4O2. The van der Waals surface area contributed by atoms with Gasteiger partial charge in [0.15, 0.2) is 0 Å². The van der Waals surface area contributed by atoms with E-state index in [9.17, 15) is 4.79 Å². The molecule has 0 radical (unpaired) electrons. The highest BCUT2D eigenvalue weighted by atomic mass is 16.5. The average molecular weight is 354 g/mol. The molecule has 2 aliphatic rings. The van der Waals surface area contributed by atoms with Gasteiger partial charge in [-0.2, -0.15) is 5.10 Å². The van der Waals surface area contributed by atoms with E-state index in [4.69, 9.17) is 4.74 Å². The zero-order valence-corrected chi connectivity index (χ0v) is 15.6. The number of hydrogen-bond acceptors (Lipinski definition) is 4. The van der Waals surface area contributed by atoms with Crippen LogP contribution in [0, 0.1) is 6.92 Å². The molecule has 2 heterocycles. The molecule has 0 unspecified atom stereocenters. The minimum absolute atomic E-state index is 0.0431. The molecule has 2 N–H and O–H groups in total. The number of carbonyl (C=O) groups is 1. The number of carbonyl (C=O) groups excluding carboxylic acids is 1. The van der Waals surface area contributed by atoms with Crippen molar-refractivity contribution < 1.29 is 9.53 Å². The number of piperidine rings is 1. The van der Waals surface area contributed by atoms with Gasteiger partial charge in [0.2, 0.25) is 0 Å². The Balaban J connectivity index is 1.71. The van der Waals surface area contributed by atoms with E-state index in [1.165, 1.54) is 11.1 Å². The van der Waals surface area contributed by atoms with Crippen molar-refractivity contribution in [2.45, 2.75) is 37.3 Å². The van der Waals surface area contributed by atoms with E-state index in [2.05, 4.69) is 33.9 Å². The maximum atomic E-state index is 12.9. The van der Waals surface area contributed by atoms with Crippen molar-refractivity contribution in [1.82, 2.24) is 20.4 Å². The van der Waals surface area contributed by atoms with E-state index in [1.807, 2.05) is 20.0 Å². The SMILES string of the molecule is CO[C@H]1[C@H](NC(=O)c2cn(C)nc2C)c2ccccc2C12CCNCC2. The Labute approximate surface area is 153 Å². The van der Waals surface area contributed by atoms with Crippen LogP contribution in [0.5, 0.6) is 0 Å². The van der Waals surface area contributed by atoms with E-state index < -0.39 is 0 Å². The van der Waals surface area contributed by atoms with Gasteiger partial charge in [0.1, 0.15) is 0 Å². The number of aryl methyl sites for hydroxylation is 2. The number of nitrogens with zero attached hydrogens (tertiary/aromatic N) is 2. The van der Waals surface area contributed by atoms with E-state index in [0.717, 1.165) is 31.6 Å². The molecule has 1 aliphatic heterocycles. The van der Waals surface area contributed by atoms with Crippen molar-refractivity contribution >= 4 is 5.91 Å². The molecular weight excluding hydrogens is 328 g/mol. The van der Waals surface area contributed by atoms with E-state index >= 15 is 0 Å². The smallest absolute Gasteiger partial charge is 0.255 e. The molecule has 0 saturated carbocycles. The number of fused-ring (bicyclic) bond motifs is 2. The van der Waals surface area contributed by atoms with Crippen LogP contribution in [0.25, 0.3) is 0 Å². The first-order valence-electron chi connectivity index (χ1n) is 9.21. The molecule has 6 nitrogen and oxygen atoms in total. The Morgan fingerprint density at radius 2 is 2.08 bits per heavy atom. The maximum Gasteiger partial charge on any atom is 0.255 e. The average Bonchev–Trinajstić information content (AvgIpc) is 3.11. The van der Waals surface area contributed by atoms with Gasteiger partial charge < -0.3 is 15.4 Å². The predicted molar refractivity (Wildman–Crippen MR) is 99.2 cm³/mol. The van der Waals surface area contributed by atoms with Gasteiger partial charge in [-0.15, -0.1) is 0 Å². The molecule has 1 aromatic heterocycles. The van der Waals surface area contributed by atoms with Crippen LogP contribution in [0.4, 0.5) is 0 Å². The molecule has 4 rings (SSSR count). The summed E-state index contributed by atoms with van der Waals surface area (Å²) < 4.78 is 7.68. The van der Waals surface area contributed by atoms with E-state index in [0.29, 0.717) is 5.56 Å². The summed E-state index contributed by atoms with van der Waals surface area (Å²) in [4.78, 5) is 12.9. The van der Waals surface area contributed by atoms with Crippen LogP contribution >= 0.6 is 0 Å². The summed E-state index contributed by atoms with van der Waals surface area (Å²) in [5, 5.41) is 11.0. The lowest BCUT2D eigenvalue weighted by molar-refractivity contribution is 0.00396. The Morgan fingerprint density at radius 1 is 1.35 bits per heavy atom. The molecule has 1 fully saturated rings. The van der Waals surface area contributed by atoms with Crippen molar-refractivity contribution in [1.29, 1.82) is 0 Å². The van der Waals surface area contributed by atoms with Gasteiger partial charge in [-0.25, -0.2) is 0 Å². The van der Waals surface area contributed by atoms with Gasteiger partial charge in [-0.3, -0.25) is 9.48 Å². The van der Waals surface area contributed by atoms with Crippen LogP contribution in [0.3, 0.4) is 0 Å². The topological polar surface area (TPSA) is 68.2 Å². The summed E-state index contributed by atoms with van der Waals surface area (Å²) >= 11 is 0. The number of aromatic nitrogens is 2. The van der Waals surface area contributed by atoms with Crippen LogP contribution in [0.1, 0.15) is 46.1 Å². The monoisotopic (exact) mass is 354 g/mol. The number of methoxy groups -OCH3 is 1. The van der Waals surface area contributed by atoms with Crippen molar-refractivity contribution in [3.05, 3.63) is 52.8 Å². The Hall–Kier alpha value is -2.18. The number of rotatable bonds is 3. The van der Waals surface area contributed by atoms with Gasteiger partial charge >= 0.3 is 0 Å². The molecule has 1 saturated heterocycles. The zero-order valence-electron chi connectivity index (χ0n) is 15.6. The second-order valence-electron chi connectivity index (χ2n) is 7.40. The van der Waals surface area contributed by atoms with Crippen LogP contribution in [0.2, 0.25) is 0 Å². The largest absolute Gasteiger partial charge is 0.378 e. The minimum atomic E-state index is -0.151. The van der Waals surface area contributed by atoms with Crippen molar-refractivity contribution in [3.8, 4) is 0 Å². The molecule has 0 bridgehead atoms. The summed E-state index contributed by atoms with van der Waals surface area (Å²) in [6.07, 6.45) is 3.73. The quantitative estimate of drug-likeness (QED) is 0.883. The van der Waals surface area contributed by atoms with Crippen LogP contribution in [-0.4, -0.2) is 42.0 Å². The highest BCUT2D eigenvalue weighted by Crippen LogP contribution is 2.51. The highest BCUT2D eigenvalue weighted by molar-refractivity contribution is 5.95. The second kappa shape index (κ2) is 6.52. The third-order valence-electron chi connectivity index (χ3n) is 5.97. The Morgan fingerprint density at radius 3 is 2.73 bits per heavy atom. The highest BCUT2D eigenvalue weighted by Gasteiger charge is 2.53. The summed E-state index contributed by atoms with van der Waals surface area (Å²) in [7, 11) is 3.59. The standard InChI is InChI=1S/C20H26N4O2/c1-13-15(12-24(2)23-13)19(25)22-17-14-6-4-5-7-16(14)20(18(17)26-3)8-10-21-11-9-20/h4-7,12,17-18,21H,8-11H2,1-3H3,(H,22,25)/t17-,18+/m1/s1. The van der Waals surface area contributed by atoms with E-state index in [1.54, 1.807) is 18.0 Å². The normalized spacial score (nSPS) is 23.8. The molecule has 2 aromatic rings.